The van der Waals surface area contributed by atoms with Gasteiger partial charge in [-0.1, -0.05) is 24.3 Å². The van der Waals surface area contributed by atoms with Gasteiger partial charge in [-0.15, -0.1) is 0 Å². The van der Waals surface area contributed by atoms with E-state index in [-0.39, 0.29) is 24.6 Å². The molecule has 142 valence electrons. The summed E-state index contributed by atoms with van der Waals surface area (Å²) in [6.45, 7) is 0.758. The third kappa shape index (κ3) is 5.63. The van der Waals surface area contributed by atoms with Gasteiger partial charge in [-0.05, 0) is 35.4 Å². The third-order valence-corrected chi connectivity index (χ3v) is 3.75. The second-order valence-electron chi connectivity index (χ2n) is 5.64. The van der Waals surface area contributed by atoms with Crippen molar-refractivity contribution in [1.82, 2.24) is 4.98 Å². The summed E-state index contributed by atoms with van der Waals surface area (Å²) in [4.78, 5) is 27.6. The van der Waals surface area contributed by atoms with Gasteiger partial charge in [-0.25, -0.2) is 14.6 Å². The third-order valence-electron chi connectivity index (χ3n) is 3.75. The molecular formula is C19H20N2O6. The molecule has 0 saturated carbocycles. The van der Waals surface area contributed by atoms with E-state index in [1.807, 2.05) is 29.2 Å². The Bertz CT molecular complexity index is 794. The number of hydrogen-bond acceptors (Lipinski definition) is 6. The highest BCUT2D eigenvalue weighted by atomic mass is 16.4. The van der Waals surface area contributed by atoms with Crippen LogP contribution in [0.5, 0.6) is 0 Å². The number of carboxylic acid groups (broad SMARTS) is 2. The van der Waals surface area contributed by atoms with E-state index in [0.29, 0.717) is 18.7 Å². The second kappa shape index (κ2) is 9.46. The first-order valence-electron chi connectivity index (χ1n) is 8.18. The van der Waals surface area contributed by atoms with Crippen LogP contribution < -0.4 is 4.90 Å². The molecule has 1 heterocycles. The van der Waals surface area contributed by atoms with Crippen LogP contribution in [0.1, 0.15) is 32.1 Å². The summed E-state index contributed by atoms with van der Waals surface area (Å²) in [5.74, 6) is -2.60. The van der Waals surface area contributed by atoms with Crippen LogP contribution in [-0.4, -0.2) is 63.7 Å². The van der Waals surface area contributed by atoms with Gasteiger partial charge in [0.2, 0.25) is 0 Å². The zero-order valence-electron chi connectivity index (χ0n) is 14.4. The van der Waals surface area contributed by atoms with Crippen molar-refractivity contribution in [2.45, 2.75) is 0 Å². The molecule has 8 heteroatoms. The zero-order chi connectivity index (χ0) is 19.8. The quantitative estimate of drug-likeness (QED) is 0.520. The standard InChI is InChI=1S/C19H20N2O6/c22-9-7-21(8-10-23)15-5-3-13(4-6-15)1-2-14-11-16(18(24)25)20-17(12-14)19(26)27/h1-6,11-12,22-23H,7-10H2,(H,24,25)(H,26,27)/b2-1+. The van der Waals surface area contributed by atoms with Gasteiger partial charge in [0, 0.05) is 18.8 Å². The Morgan fingerprint density at radius 2 is 1.33 bits per heavy atom. The number of aromatic nitrogens is 1. The van der Waals surface area contributed by atoms with E-state index in [4.69, 9.17) is 20.4 Å². The first-order valence-corrected chi connectivity index (χ1v) is 8.18. The van der Waals surface area contributed by atoms with E-state index < -0.39 is 11.9 Å². The van der Waals surface area contributed by atoms with E-state index in [1.165, 1.54) is 12.1 Å². The lowest BCUT2D eigenvalue weighted by atomic mass is 10.1. The number of hydrogen-bond donors (Lipinski definition) is 4. The lowest BCUT2D eigenvalue weighted by Gasteiger charge is -2.22. The van der Waals surface area contributed by atoms with Crippen LogP contribution in [0.4, 0.5) is 5.69 Å². The van der Waals surface area contributed by atoms with Crippen LogP contribution in [0.3, 0.4) is 0 Å². The Kier molecular flexibility index (Phi) is 7.04. The lowest BCUT2D eigenvalue weighted by molar-refractivity contribution is 0.0685. The maximum Gasteiger partial charge on any atom is 0.354 e. The number of aromatic carboxylic acids is 2. The highest BCUT2D eigenvalue weighted by Gasteiger charge is 2.12. The minimum Gasteiger partial charge on any atom is -0.477 e. The summed E-state index contributed by atoms with van der Waals surface area (Å²) >= 11 is 0. The molecule has 0 aliphatic carbocycles. The van der Waals surface area contributed by atoms with Crippen LogP contribution in [0, 0.1) is 0 Å². The van der Waals surface area contributed by atoms with Gasteiger partial charge in [0.1, 0.15) is 11.4 Å². The van der Waals surface area contributed by atoms with Crippen molar-refractivity contribution >= 4 is 29.8 Å². The van der Waals surface area contributed by atoms with E-state index >= 15 is 0 Å². The fourth-order valence-electron chi connectivity index (χ4n) is 2.47. The number of aliphatic hydroxyl groups excluding tert-OH is 2. The topological polar surface area (TPSA) is 131 Å². The average Bonchev–Trinajstić information content (AvgIpc) is 2.66. The largest absolute Gasteiger partial charge is 0.477 e. The smallest absolute Gasteiger partial charge is 0.354 e. The number of pyridine rings is 1. The number of carboxylic acids is 2. The normalized spacial score (nSPS) is 10.9. The number of anilines is 1. The fourth-order valence-corrected chi connectivity index (χ4v) is 2.47. The summed E-state index contributed by atoms with van der Waals surface area (Å²) in [6, 6.07) is 9.91. The molecule has 8 nitrogen and oxygen atoms in total. The monoisotopic (exact) mass is 372 g/mol. The van der Waals surface area contributed by atoms with Gasteiger partial charge < -0.3 is 25.3 Å². The Hall–Kier alpha value is -3.23. The first-order chi connectivity index (χ1) is 12.9. The molecule has 0 aliphatic heterocycles. The molecule has 0 fully saturated rings. The molecule has 1 aromatic heterocycles. The first kappa shape index (κ1) is 20.1. The average molecular weight is 372 g/mol. The minimum atomic E-state index is -1.30. The second-order valence-corrected chi connectivity index (χ2v) is 5.64. The van der Waals surface area contributed by atoms with Gasteiger partial charge in [0.05, 0.1) is 13.2 Å². The fraction of sp³-hybridized carbons (Fsp3) is 0.211. The number of benzene rings is 1. The summed E-state index contributed by atoms with van der Waals surface area (Å²) < 4.78 is 0. The molecule has 1 aromatic carbocycles. The maximum absolute atomic E-state index is 11.1. The molecule has 0 atom stereocenters. The molecule has 0 bridgehead atoms. The molecule has 0 aliphatic rings. The lowest BCUT2D eigenvalue weighted by Crippen LogP contribution is -2.29. The Morgan fingerprint density at radius 3 is 1.78 bits per heavy atom. The van der Waals surface area contributed by atoms with Gasteiger partial charge in [-0.2, -0.15) is 0 Å². The van der Waals surface area contributed by atoms with E-state index in [2.05, 4.69) is 4.98 Å². The van der Waals surface area contributed by atoms with E-state index in [1.54, 1.807) is 12.2 Å². The number of rotatable bonds is 9. The van der Waals surface area contributed by atoms with Crippen molar-refractivity contribution < 1.29 is 30.0 Å². The zero-order valence-corrected chi connectivity index (χ0v) is 14.4. The predicted octanol–water partition coefficient (Wildman–Crippen LogP) is 1.44. The number of aliphatic hydroxyl groups is 2. The summed E-state index contributed by atoms with van der Waals surface area (Å²) in [6.07, 6.45) is 3.33. The molecular weight excluding hydrogens is 352 g/mol. The van der Waals surface area contributed by atoms with E-state index in [9.17, 15) is 9.59 Å². The molecule has 0 spiro atoms. The molecule has 2 rings (SSSR count). The van der Waals surface area contributed by atoms with Crippen LogP contribution in [0.25, 0.3) is 12.2 Å². The van der Waals surface area contributed by atoms with E-state index in [0.717, 1.165) is 11.3 Å². The van der Waals surface area contributed by atoms with Crippen molar-refractivity contribution in [3.63, 3.8) is 0 Å². The molecule has 2 aromatic rings. The summed E-state index contributed by atoms with van der Waals surface area (Å²) in [5, 5.41) is 36.3. The summed E-state index contributed by atoms with van der Waals surface area (Å²) in [5.41, 5.74) is 1.39. The van der Waals surface area contributed by atoms with Crippen LogP contribution in [0.15, 0.2) is 36.4 Å². The molecule has 4 N–H and O–H groups in total. The summed E-state index contributed by atoms with van der Waals surface area (Å²) in [7, 11) is 0. The van der Waals surface area contributed by atoms with Crippen molar-refractivity contribution in [3.05, 3.63) is 58.9 Å². The van der Waals surface area contributed by atoms with Crippen LogP contribution >= 0.6 is 0 Å². The van der Waals surface area contributed by atoms with Crippen molar-refractivity contribution in [1.29, 1.82) is 0 Å². The SMILES string of the molecule is O=C(O)c1cc(/C=C/c2ccc(N(CCO)CCO)cc2)cc(C(=O)O)n1. The molecule has 0 amide bonds. The Morgan fingerprint density at radius 1 is 0.852 bits per heavy atom. The maximum atomic E-state index is 11.1. The molecule has 0 saturated heterocycles. The van der Waals surface area contributed by atoms with Crippen molar-refractivity contribution in [3.8, 4) is 0 Å². The van der Waals surface area contributed by atoms with Crippen LogP contribution in [0.2, 0.25) is 0 Å². The van der Waals surface area contributed by atoms with Gasteiger partial charge in [0.25, 0.3) is 0 Å². The minimum absolute atomic E-state index is 0.0263. The Labute approximate surface area is 155 Å². The molecule has 0 unspecified atom stereocenters. The molecule has 27 heavy (non-hydrogen) atoms. The highest BCUT2D eigenvalue weighted by Crippen LogP contribution is 2.17. The van der Waals surface area contributed by atoms with Gasteiger partial charge in [0.15, 0.2) is 0 Å². The van der Waals surface area contributed by atoms with Gasteiger partial charge in [-0.3, -0.25) is 0 Å². The number of nitrogens with zero attached hydrogens (tertiary/aromatic N) is 2. The van der Waals surface area contributed by atoms with Gasteiger partial charge >= 0.3 is 11.9 Å². The molecule has 0 radical (unpaired) electrons. The predicted molar refractivity (Wildman–Crippen MR) is 99.9 cm³/mol. The van der Waals surface area contributed by atoms with Crippen molar-refractivity contribution in [2.24, 2.45) is 0 Å². The number of carbonyl (C=O) groups is 2. The highest BCUT2D eigenvalue weighted by molar-refractivity contribution is 5.91. The Balaban J connectivity index is 2.22. The van der Waals surface area contributed by atoms with Crippen LogP contribution in [-0.2, 0) is 0 Å². The van der Waals surface area contributed by atoms with Crippen molar-refractivity contribution in [2.75, 3.05) is 31.2 Å².